The maximum absolute atomic E-state index is 12.4. The summed E-state index contributed by atoms with van der Waals surface area (Å²) >= 11 is 0. The molecule has 0 bridgehead atoms. The summed E-state index contributed by atoms with van der Waals surface area (Å²) < 4.78 is 14.7. The summed E-state index contributed by atoms with van der Waals surface area (Å²) in [6.07, 6.45) is -0.708. The zero-order chi connectivity index (χ0) is 18.4. The summed E-state index contributed by atoms with van der Waals surface area (Å²) in [6, 6.07) is 8.28. The maximum Gasteiger partial charge on any atom is 0.425 e. The Bertz CT molecular complexity index is 621. The summed E-state index contributed by atoms with van der Waals surface area (Å²) in [7, 11) is 2.45. The van der Waals surface area contributed by atoms with Crippen LogP contribution in [-0.2, 0) is 30.3 Å². The highest BCUT2D eigenvalue weighted by Crippen LogP contribution is 2.29. The molecule has 0 aromatic heterocycles. The van der Waals surface area contributed by atoms with Crippen molar-refractivity contribution in [3.63, 3.8) is 0 Å². The minimum Gasteiger partial charge on any atom is -0.469 e. The Morgan fingerprint density at radius 3 is 2.28 bits per heavy atom. The topological polar surface area (TPSA) is 85.4 Å². The highest BCUT2D eigenvalue weighted by atomic mass is 16.6. The van der Waals surface area contributed by atoms with Crippen molar-refractivity contribution in [2.45, 2.75) is 19.5 Å². The van der Waals surface area contributed by atoms with Crippen LogP contribution in [0.3, 0.4) is 0 Å². The van der Waals surface area contributed by atoms with E-state index in [0.29, 0.717) is 6.54 Å². The molecule has 2 rings (SSSR count). The van der Waals surface area contributed by atoms with Crippen molar-refractivity contribution >= 4 is 18.0 Å². The molecule has 0 N–H and O–H groups in total. The first-order valence-corrected chi connectivity index (χ1v) is 7.93. The Labute approximate surface area is 146 Å². The van der Waals surface area contributed by atoms with Crippen LogP contribution in [0.2, 0.25) is 0 Å². The summed E-state index contributed by atoms with van der Waals surface area (Å²) in [5.41, 5.74) is 0.922. The third-order valence-electron chi connectivity index (χ3n) is 3.97. The summed E-state index contributed by atoms with van der Waals surface area (Å²) in [5.74, 6) is -2.13. The van der Waals surface area contributed by atoms with E-state index in [2.05, 4.69) is 0 Å². The van der Waals surface area contributed by atoms with Crippen LogP contribution in [0.25, 0.3) is 0 Å². The smallest absolute Gasteiger partial charge is 0.425 e. The number of benzene rings is 1. The highest BCUT2D eigenvalue weighted by Gasteiger charge is 2.52. The van der Waals surface area contributed by atoms with Gasteiger partial charge in [-0.1, -0.05) is 30.3 Å². The van der Waals surface area contributed by atoms with Gasteiger partial charge in [0.2, 0.25) is 0 Å². The van der Waals surface area contributed by atoms with E-state index in [-0.39, 0.29) is 13.2 Å². The molecule has 1 amide bonds. The largest absolute Gasteiger partial charge is 0.469 e. The number of rotatable bonds is 5. The zero-order valence-corrected chi connectivity index (χ0v) is 14.5. The first-order chi connectivity index (χ1) is 12.0. The lowest BCUT2D eigenvalue weighted by atomic mass is 10.0. The predicted molar refractivity (Wildman–Crippen MR) is 87.0 cm³/mol. The molecule has 1 aromatic rings. The number of hydrogen-bond donors (Lipinski definition) is 0. The quantitative estimate of drug-likeness (QED) is 0.583. The van der Waals surface area contributed by atoms with Gasteiger partial charge < -0.3 is 14.2 Å². The van der Waals surface area contributed by atoms with Crippen molar-refractivity contribution in [2.75, 3.05) is 27.4 Å². The molecule has 0 spiro atoms. The Kier molecular flexibility index (Phi) is 6.35. The first-order valence-electron chi connectivity index (χ1n) is 7.93. The van der Waals surface area contributed by atoms with Gasteiger partial charge in [-0.2, -0.15) is 0 Å². The van der Waals surface area contributed by atoms with Crippen molar-refractivity contribution < 1.29 is 28.6 Å². The van der Waals surface area contributed by atoms with Gasteiger partial charge in [0.1, 0.15) is 5.92 Å². The summed E-state index contributed by atoms with van der Waals surface area (Å²) in [6.45, 7) is 2.28. The van der Waals surface area contributed by atoms with Crippen LogP contribution in [0, 0.1) is 5.92 Å². The third kappa shape index (κ3) is 4.08. The van der Waals surface area contributed by atoms with E-state index in [9.17, 15) is 14.4 Å². The van der Waals surface area contributed by atoms with E-state index in [1.165, 1.54) is 14.2 Å². The van der Waals surface area contributed by atoms with Crippen LogP contribution in [0.1, 0.15) is 12.5 Å². The highest BCUT2D eigenvalue weighted by molar-refractivity contribution is 5.88. The Morgan fingerprint density at radius 1 is 1.08 bits per heavy atom. The van der Waals surface area contributed by atoms with E-state index in [1.807, 2.05) is 30.3 Å². The second kappa shape index (κ2) is 8.48. The minimum atomic E-state index is -1.12. The van der Waals surface area contributed by atoms with Crippen molar-refractivity contribution in [3.05, 3.63) is 35.9 Å². The Morgan fingerprint density at radius 2 is 1.72 bits per heavy atom. The number of carbonyl (C=O) groups is 3. The van der Waals surface area contributed by atoms with Gasteiger partial charge >= 0.3 is 18.0 Å². The number of ether oxygens (including phenoxy) is 3. The second-order valence-corrected chi connectivity index (χ2v) is 5.47. The van der Waals surface area contributed by atoms with E-state index in [4.69, 9.17) is 14.2 Å². The number of amides is 1. The number of nitrogens with zero attached hydrogens (tertiary/aromatic N) is 2. The van der Waals surface area contributed by atoms with E-state index < -0.39 is 30.0 Å². The van der Waals surface area contributed by atoms with Gasteiger partial charge in [-0.15, -0.1) is 0 Å². The van der Waals surface area contributed by atoms with E-state index >= 15 is 0 Å². The lowest BCUT2D eigenvalue weighted by Crippen LogP contribution is -2.50. The van der Waals surface area contributed by atoms with E-state index in [0.717, 1.165) is 10.6 Å². The molecule has 8 nitrogen and oxygen atoms in total. The van der Waals surface area contributed by atoms with Crippen LogP contribution >= 0.6 is 0 Å². The SMILES string of the molecule is CCOC(=O)N1[C@H](C(=O)OC)[C@H](C(=O)OC)CN1Cc1ccccc1. The fourth-order valence-corrected chi connectivity index (χ4v) is 2.85. The molecule has 0 aliphatic carbocycles. The van der Waals surface area contributed by atoms with Crippen LogP contribution in [0.15, 0.2) is 30.3 Å². The normalized spacial score (nSPS) is 20.2. The number of carbonyl (C=O) groups excluding carboxylic acids is 3. The molecule has 1 saturated heterocycles. The van der Waals surface area contributed by atoms with Crippen LogP contribution < -0.4 is 0 Å². The number of hydrogen-bond acceptors (Lipinski definition) is 7. The number of hydrazine groups is 1. The van der Waals surface area contributed by atoms with Gasteiger partial charge in [0.25, 0.3) is 0 Å². The molecule has 2 atom stereocenters. The van der Waals surface area contributed by atoms with Crippen molar-refractivity contribution in [1.82, 2.24) is 10.0 Å². The zero-order valence-electron chi connectivity index (χ0n) is 14.5. The molecule has 0 unspecified atom stereocenters. The fraction of sp³-hybridized carbons (Fsp3) is 0.471. The standard InChI is InChI=1S/C17H22N2O6/c1-4-25-17(22)19-14(16(21)24-3)13(15(20)23-2)11-18(19)10-12-8-6-5-7-9-12/h5-9,13-14H,4,10-11H2,1-3H3/t13-,14+/m1/s1. The van der Waals surface area contributed by atoms with Gasteiger partial charge in [0.05, 0.1) is 20.8 Å². The third-order valence-corrected chi connectivity index (χ3v) is 3.97. The number of methoxy groups -OCH3 is 2. The van der Waals surface area contributed by atoms with Gasteiger partial charge in [0, 0.05) is 13.1 Å². The molecule has 1 aromatic carbocycles. The molecule has 1 heterocycles. The van der Waals surface area contributed by atoms with Gasteiger partial charge in [-0.25, -0.2) is 19.6 Å². The molecule has 0 radical (unpaired) electrons. The fourth-order valence-electron chi connectivity index (χ4n) is 2.85. The van der Waals surface area contributed by atoms with Crippen LogP contribution in [0.4, 0.5) is 4.79 Å². The van der Waals surface area contributed by atoms with E-state index in [1.54, 1.807) is 11.9 Å². The average Bonchev–Trinajstić information content (AvgIpc) is 3.00. The van der Waals surface area contributed by atoms with Crippen LogP contribution in [0.5, 0.6) is 0 Å². The van der Waals surface area contributed by atoms with Crippen molar-refractivity contribution in [1.29, 1.82) is 0 Å². The minimum absolute atomic E-state index is 0.139. The average molecular weight is 350 g/mol. The maximum atomic E-state index is 12.4. The molecule has 1 fully saturated rings. The molecule has 25 heavy (non-hydrogen) atoms. The number of esters is 2. The predicted octanol–water partition coefficient (Wildman–Crippen LogP) is 1.21. The first kappa shape index (κ1) is 18.7. The monoisotopic (exact) mass is 350 g/mol. The molecule has 0 saturated carbocycles. The lowest BCUT2D eigenvalue weighted by Gasteiger charge is -2.30. The lowest BCUT2D eigenvalue weighted by molar-refractivity contribution is -0.156. The van der Waals surface area contributed by atoms with Crippen molar-refractivity contribution in [3.8, 4) is 0 Å². The molecule has 8 heteroatoms. The molecule has 136 valence electrons. The summed E-state index contributed by atoms with van der Waals surface area (Å²) in [4.78, 5) is 36.8. The molecule has 1 aliphatic rings. The molecule has 1 aliphatic heterocycles. The van der Waals surface area contributed by atoms with Crippen molar-refractivity contribution in [2.24, 2.45) is 5.92 Å². The van der Waals surface area contributed by atoms with Gasteiger partial charge in [0.15, 0.2) is 6.04 Å². The van der Waals surface area contributed by atoms with Gasteiger partial charge in [-0.3, -0.25) is 4.79 Å². The molecular formula is C17H22N2O6. The van der Waals surface area contributed by atoms with Crippen LogP contribution in [-0.4, -0.2) is 61.5 Å². The summed E-state index contributed by atoms with van der Waals surface area (Å²) in [5, 5.41) is 2.76. The Hall–Kier alpha value is -2.61. The molecular weight excluding hydrogens is 328 g/mol. The second-order valence-electron chi connectivity index (χ2n) is 5.47. The Balaban J connectivity index is 2.36. The van der Waals surface area contributed by atoms with Gasteiger partial charge in [-0.05, 0) is 12.5 Å².